The van der Waals surface area contributed by atoms with E-state index in [1.54, 1.807) is 12.1 Å². The molecule has 1 amide bonds. The zero-order valence-corrected chi connectivity index (χ0v) is 18.8. The zero-order chi connectivity index (χ0) is 22.8. The number of halogens is 1. The molecule has 0 N–H and O–H groups in total. The molecule has 2 aliphatic rings. The third-order valence-corrected chi connectivity index (χ3v) is 6.23. The van der Waals surface area contributed by atoms with Crippen molar-refractivity contribution in [3.8, 4) is 11.3 Å². The first-order valence-electron chi connectivity index (χ1n) is 11.5. The van der Waals surface area contributed by atoms with Crippen LogP contribution in [0, 0.1) is 18.7 Å². The molecule has 6 nitrogen and oxygen atoms in total. The highest BCUT2D eigenvalue weighted by Gasteiger charge is 2.35. The number of rotatable bonds is 7. The molecule has 1 aromatic heterocycles. The number of benzene rings is 2. The van der Waals surface area contributed by atoms with Crippen LogP contribution in [0.4, 0.5) is 10.3 Å². The number of amides is 1. The van der Waals surface area contributed by atoms with Crippen molar-refractivity contribution in [3.05, 3.63) is 71.0 Å². The van der Waals surface area contributed by atoms with Crippen LogP contribution in [0.5, 0.6) is 0 Å². The number of hydrogen-bond acceptors (Lipinski definition) is 5. The summed E-state index contributed by atoms with van der Waals surface area (Å²) < 4.78 is 24.8. The summed E-state index contributed by atoms with van der Waals surface area (Å²) in [5.74, 6) is 0.611. The lowest BCUT2D eigenvalue weighted by molar-refractivity contribution is -0.133. The van der Waals surface area contributed by atoms with Crippen molar-refractivity contribution < 1.29 is 18.4 Å². The fourth-order valence-electron chi connectivity index (χ4n) is 4.28. The molecule has 33 heavy (non-hydrogen) atoms. The van der Waals surface area contributed by atoms with Gasteiger partial charge in [-0.15, -0.1) is 0 Å². The fraction of sp³-hybridized carbons (Fsp3) is 0.385. The summed E-state index contributed by atoms with van der Waals surface area (Å²) in [6, 6.07) is 14.5. The van der Waals surface area contributed by atoms with Gasteiger partial charge < -0.3 is 19.1 Å². The molecule has 0 bridgehead atoms. The molecule has 1 aliphatic carbocycles. The van der Waals surface area contributed by atoms with Crippen LogP contribution in [0.1, 0.15) is 29.5 Å². The third-order valence-electron chi connectivity index (χ3n) is 6.23. The van der Waals surface area contributed by atoms with Gasteiger partial charge in [-0.2, -0.15) is 0 Å². The quantitative estimate of drug-likeness (QED) is 0.529. The van der Waals surface area contributed by atoms with Crippen molar-refractivity contribution in [2.45, 2.75) is 32.9 Å². The Kier molecular flexibility index (Phi) is 6.13. The highest BCUT2D eigenvalue weighted by molar-refractivity contribution is 5.81. The van der Waals surface area contributed by atoms with Crippen molar-refractivity contribution in [1.82, 2.24) is 10.1 Å². The van der Waals surface area contributed by atoms with Crippen LogP contribution >= 0.6 is 0 Å². The van der Waals surface area contributed by atoms with E-state index in [2.05, 4.69) is 16.1 Å². The van der Waals surface area contributed by atoms with Crippen LogP contribution in [0.15, 0.2) is 53.1 Å². The van der Waals surface area contributed by atoms with Crippen LogP contribution in [-0.2, 0) is 22.6 Å². The maximum Gasteiger partial charge on any atom is 0.233 e. The van der Waals surface area contributed by atoms with Gasteiger partial charge in [-0.3, -0.25) is 4.79 Å². The Morgan fingerprint density at radius 3 is 2.58 bits per heavy atom. The minimum atomic E-state index is -0.283. The lowest BCUT2D eigenvalue weighted by Gasteiger charge is -2.28. The Bertz CT molecular complexity index is 1120. The second-order valence-electron chi connectivity index (χ2n) is 8.88. The first-order chi connectivity index (χ1) is 16.1. The smallest absolute Gasteiger partial charge is 0.233 e. The Hall–Kier alpha value is -3.19. The normalized spacial score (nSPS) is 16.1. The molecular weight excluding hydrogens is 421 g/mol. The van der Waals surface area contributed by atoms with Gasteiger partial charge in [0, 0.05) is 31.1 Å². The molecule has 2 aromatic carbocycles. The van der Waals surface area contributed by atoms with E-state index in [1.165, 1.54) is 12.1 Å². The third kappa shape index (κ3) is 4.93. The molecule has 3 aromatic rings. The highest BCUT2D eigenvalue weighted by Crippen LogP contribution is 2.36. The number of carbonyl (C=O) groups excluding carboxylic acids is 1. The van der Waals surface area contributed by atoms with Crippen LogP contribution in [-0.4, -0.2) is 42.3 Å². The lowest BCUT2D eigenvalue weighted by atomic mass is 10.0. The molecule has 2 fully saturated rings. The summed E-state index contributed by atoms with van der Waals surface area (Å²) in [5.41, 5.74) is 4.65. The van der Waals surface area contributed by atoms with Gasteiger partial charge in [-0.05, 0) is 43.5 Å². The van der Waals surface area contributed by atoms with Gasteiger partial charge in [0.2, 0.25) is 11.8 Å². The maximum atomic E-state index is 13.4. The van der Waals surface area contributed by atoms with Gasteiger partial charge in [0.25, 0.3) is 0 Å². The Labute approximate surface area is 192 Å². The highest BCUT2D eigenvalue weighted by atomic mass is 19.1. The van der Waals surface area contributed by atoms with Gasteiger partial charge in [-0.1, -0.05) is 41.1 Å². The first-order valence-corrected chi connectivity index (χ1v) is 11.5. The zero-order valence-electron chi connectivity index (χ0n) is 18.8. The number of hydrogen-bond donors (Lipinski definition) is 0. The number of aromatic nitrogens is 1. The standard InChI is InChI=1S/C26H28FN3O3/c1-18-3-2-4-21(15-18)24-23(26(33-28-24)29-11-13-32-14-12-29)17-30(25(31)20-7-8-20)16-19-5-9-22(27)10-6-19/h2-6,9-10,15,20H,7-8,11-14,16-17H2,1H3. The molecule has 0 spiro atoms. The fourth-order valence-corrected chi connectivity index (χ4v) is 4.28. The molecule has 7 heteroatoms. The predicted octanol–water partition coefficient (Wildman–Crippen LogP) is 4.56. The van der Waals surface area contributed by atoms with Gasteiger partial charge in [-0.25, -0.2) is 4.39 Å². The van der Waals surface area contributed by atoms with Crippen molar-refractivity contribution in [3.63, 3.8) is 0 Å². The van der Waals surface area contributed by atoms with Crippen LogP contribution in [0.25, 0.3) is 11.3 Å². The van der Waals surface area contributed by atoms with Crippen molar-refractivity contribution >= 4 is 11.8 Å². The number of anilines is 1. The van der Waals surface area contributed by atoms with E-state index in [1.807, 2.05) is 30.0 Å². The van der Waals surface area contributed by atoms with Gasteiger partial charge in [0.1, 0.15) is 11.5 Å². The SMILES string of the molecule is Cc1cccc(-c2noc(N3CCOCC3)c2CN(Cc2ccc(F)cc2)C(=O)C2CC2)c1. The molecular formula is C26H28FN3O3. The van der Waals surface area contributed by atoms with Crippen LogP contribution < -0.4 is 4.90 Å². The molecule has 0 radical (unpaired) electrons. The molecule has 1 saturated carbocycles. The van der Waals surface area contributed by atoms with E-state index in [-0.39, 0.29) is 17.6 Å². The molecule has 172 valence electrons. The van der Waals surface area contributed by atoms with Crippen molar-refractivity contribution in [1.29, 1.82) is 0 Å². The van der Waals surface area contributed by atoms with Crippen molar-refractivity contribution in [2.24, 2.45) is 5.92 Å². The average molecular weight is 450 g/mol. The lowest BCUT2D eigenvalue weighted by Crippen LogP contribution is -2.37. The van der Waals surface area contributed by atoms with E-state index < -0.39 is 0 Å². The van der Waals surface area contributed by atoms with Crippen LogP contribution in [0.2, 0.25) is 0 Å². The minimum Gasteiger partial charge on any atom is -0.378 e. The minimum absolute atomic E-state index is 0.0690. The van der Waals surface area contributed by atoms with Gasteiger partial charge >= 0.3 is 0 Å². The van der Waals surface area contributed by atoms with E-state index in [0.717, 1.165) is 40.8 Å². The Morgan fingerprint density at radius 2 is 1.88 bits per heavy atom. The van der Waals surface area contributed by atoms with Crippen molar-refractivity contribution in [2.75, 3.05) is 31.2 Å². The summed E-state index contributed by atoms with van der Waals surface area (Å²) in [7, 11) is 0. The van der Waals surface area contributed by atoms with E-state index >= 15 is 0 Å². The Morgan fingerprint density at radius 1 is 1.12 bits per heavy atom. The van der Waals surface area contributed by atoms with E-state index in [0.29, 0.717) is 45.3 Å². The Balaban J connectivity index is 1.51. The first kappa shape index (κ1) is 21.6. The number of aryl methyl sites for hydroxylation is 1. The molecule has 2 heterocycles. The molecule has 0 atom stereocenters. The number of carbonyl (C=O) groups is 1. The number of ether oxygens (including phenoxy) is 1. The monoisotopic (exact) mass is 449 g/mol. The second kappa shape index (κ2) is 9.35. The summed E-state index contributed by atoms with van der Waals surface area (Å²) in [6.07, 6.45) is 1.84. The predicted molar refractivity (Wildman–Crippen MR) is 123 cm³/mol. The number of morpholine rings is 1. The summed E-state index contributed by atoms with van der Waals surface area (Å²) in [5, 5.41) is 4.45. The van der Waals surface area contributed by atoms with E-state index in [4.69, 9.17) is 9.26 Å². The maximum absolute atomic E-state index is 13.4. The molecule has 1 aliphatic heterocycles. The summed E-state index contributed by atoms with van der Waals surface area (Å²) in [6.45, 7) is 5.51. The topological polar surface area (TPSA) is 58.8 Å². The number of nitrogens with zero attached hydrogens (tertiary/aromatic N) is 3. The summed E-state index contributed by atoms with van der Waals surface area (Å²) >= 11 is 0. The van der Waals surface area contributed by atoms with Gasteiger partial charge in [0.15, 0.2) is 0 Å². The van der Waals surface area contributed by atoms with E-state index in [9.17, 15) is 9.18 Å². The second-order valence-corrected chi connectivity index (χ2v) is 8.88. The molecule has 0 unspecified atom stereocenters. The molecule has 1 saturated heterocycles. The van der Waals surface area contributed by atoms with Crippen LogP contribution in [0.3, 0.4) is 0 Å². The average Bonchev–Trinajstić information content (AvgIpc) is 3.60. The summed E-state index contributed by atoms with van der Waals surface area (Å²) in [4.78, 5) is 17.3. The largest absolute Gasteiger partial charge is 0.378 e. The molecule has 5 rings (SSSR count). The van der Waals surface area contributed by atoms with Gasteiger partial charge in [0.05, 0.1) is 25.3 Å².